The van der Waals surface area contributed by atoms with E-state index in [2.05, 4.69) is 54.7 Å². The third-order valence-electron chi connectivity index (χ3n) is 4.36. The lowest BCUT2D eigenvalue weighted by atomic mass is 10.0. The summed E-state index contributed by atoms with van der Waals surface area (Å²) in [4.78, 5) is 0. The van der Waals surface area contributed by atoms with Gasteiger partial charge in [-0.15, -0.1) is 0 Å². The second-order valence-corrected chi connectivity index (χ2v) is 6.03. The van der Waals surface area contributed by atoms with E-state index in [1.54, 1.807) is 0 Å². The molecule has 1 aliphatic carbocycles. The van der Waals surface area contributed by atoms with Gasteiger partial charge in [-0.25, -0.2) is 0 Å². The Bertz CT molecular complexity index is 594. The van der Waals surface area contributed by atoms with Crippen LogP contribution in [0.1, 0.15) is 34.7 Å². The average Bonchev–Trinajstić information content (AvgIpc) is 2.90. The summed E-state index contributed by atoms with van der Waals surface area (Å²) in [7, 11) is 0. The van der Waals surface area contributed by atoms with Gasteiger partial charge in [0.15, 0.2) is 0 Å². The minimum absolute atomic E-state index is 0.115. The summed E-state index contributed by atoms with van der Waals surface area (Å²) in [5.74, 6) is 0. The van der Waals surface area contributed by atoms with Gasteiger partial charge in [0.2, 0.25) is 0 Å². The molecule has 0 radical (unpaired) electrons. The van der Waals surface area contributed by atoms with Crippen molar-refractivity contribution in [3.05, 3.63) is 70.8 Å². The van der Waals surface area contributed by atoms with Crippen LogP contribution in [0.25, 0.3) is 0 Å². The van der Waals surface area contributed by atoms with E-state index in [0.717, 1.165) is 19.3 Å². The standard InChI is InChI=1S/C19H23NO/c1-14-7-8-16-9-10-19(18(16)11-14)20-17(13-21)12-15-5-3-2-4-6-15/h2-8,11,17,19-21H,9-10,12-13H2,1H3. The van der Waals surface area contributed by atoms with Crippen molar-refractivity contribution in [2.45, 2.75) is 38.3 Å². The fraction of sp³-hybridized carbons (Fsp3) is 0.368. The molecule has 21 heavy (non-hydrogen) atoms. The van der Waals surface area contributed by atoms with Crippen LogP contribution in [0.4, 0.5) is 0 Å². The Kier molecular flexibility index (Phi) is 4.37. The lowest BCUT2D eigenvalue weighted by Gasteiger charge is -2.22. The molecule has 0 spiro atoms. The van der Waals surface area contributed by atoms with Gasteiger partial charge in [0, 0.05) is 12.1 Å². The van der Waals surface area contributed by atoms with Crippen molar-refractivity contribution >= 4 is 0 Å². The first-order valence-electron chi connectivity index (χ1n) is 7.76. The Labute approximate surface area is 126 Å². The van der Waals surface area contributed by atoms with E-state index in [1.165, 1.54) is 22.3 Å². The van der Waals surface area contributed by atoms with Crippen LogP contribution in [0.15, 0.2) is 48.5 Å². The summed E-state index contributed by atoms with van der Waals surface area (Å²) in [6.07, 6.45) is 3.13. The van der Waals surface area contributed by atoms with Crippen molar-refractivity contribution in [2.24, 2.45) is 0 Å². The monoisotopic (exact) mass is 281 g/mol. The maximum absolute atomic E-state index is 9.69. The maximum Gasteiger partial charge on any atom is 0.0588 e. The topological polar surface area (TPSA) is 32.3 Å². The van der Waals surface area contributed by atoms with Crippen LogP contribution in [-0.2, 0) is 12.8 Å². The molecule has 3 rings (SSSR count). The third kappa shape index (κ3) is 3.34. The largest absolute Gasteiger partial charge is 0.395 e. The number of hydrogen-bond acceptors (Lipinski definition) is 2. The highest BCUT2D eigenvalue weighted by molar-refractivity contribution is 5.37. The second kappa shape index (κ2) is 6.42. The van der Waals surface area contributed by atoms with Crippen LogP contribution in [0.5, 0.6) is 0 Å². The van der Waals surface area contributed by atoms with Crippen molar-refractivity contribution in [1.29, 1.82) is 0 Å². The van der Waals surface area contributed by atoms with Crippen molar-refractivity contribution in [3.63, 3.8) is 0 Å². The summed E-state index contributed by atoms with van der Waals surface area (Å²) in [6.45, 7) is 2.32. The highest BCUT2D eigenvalue weighted by Crippen LogP contribution is 2.32. The molecule has 2 heteroatoms. The molecule has 2 aromatic rings. The zero-order valence-corrected chi connectivity index (χ0v) is 12.5. The molecule has 0 fully saturated rings. The molecule has 0 saturated heterocycles. The minimum atomic E-state index is 0.115. The fourth-order valence-corrected chi connectivity index (χ4v) is 3.25. The molecule has 0 amide bonds. The molecule has 2 atom stereocenters. The molecule has 0 heterocycles. The number of nitrogens with one attached hydrogen (secondary N) is 1. The number of rotatable bonds is 5. The molecule has 1 aliphatic rings. The van der Waals surface area contributed by atoms with Crippen molar-refractivity contribution < 1.29 is 5.11 Å². The minimum Gasteiger partial charge on any atom is -0.395 e. The average molecular weight is 281 g/mol. The molecular formula is C19H23NO. The summed E-state index contributed by atoms with van der Waals surface area (Å²) in [6, 6.07) is 17.6. The molecule has 2 N–H and O–H groups in total. The van der Waals surface area contributed by atoms with Gasteiger partial charge in [-0.3, -0.25) is 0 Å². The summed E-state index contributed by atoms with van der Waals surface area (Å²) in [5, 5.41) is 13.3. The zero-order valence-electron chi connectivity index (χ0n) is 12.5. The highest BCUT2D eigenvalue weighted by Gasteiger charge is 2.24. The smallest absolute Gasteiger partial charge is 0.0588 e. The number of aliphatic hydroxyl groups is 1. The third-order valence-corrected chi connectivity index (χ3v) is 4.36. The van der Waals surface area contributed by atoms with Crippen LogP contribution in [-0.4, -0.2) is 17.8 Å². The predicted octanol–water partition coefficient (Wildman–Crippen LogP) is 3.18. The Morgan fingerprint density at radius 1 is 1.19 bits per heavy atom. The molecule has 0 aliphatic heterocycles. The molecule has 0 aromatic heterocycles. The van der Waals surface area contributed by atoms with Crippen molar-refractivity contribution in [2.75, 3.05) is 6.61 Å². The Morgan fingerprint density at radius 2 is 2.00 bits per heavy atom. The Balaban J connectivity index is 1.70. The van der Waals surface area contributed by atoms with Gasteiger partial charge in [-0.05, 0) is 42.9 Å². The number of hydrogen-bond donors (Lipinski definition) is 2. The second-order valence-electron chi connectivity index (χ2n) is 6.03. The van der Waals surface area contributed by atoms with Crippen molar-refractivity contribution in [1.82, 2.24) is 5.32 Å². The Morgan fingerprint density at radius 3 is 2.76 bits per heavy atom. The first-order chi connectivity index (χ1) is 10.3. The summed E-state index contributed by atoms with van der Waals surface area (Å²) in [5.41, 5.74) is 5.45. The van der Waals surface area contributed by atoms with Crippen LogP contribution in [0.2, 0.25) is 0 Å². The lowest BCUT2D eigenvalue weighted by Crippen LogP contribution is -2.36. The highest BCUT2D eigenvalue weighted by atomic mass is 16.3. The van der Waals surface area contributed by atoms with Gasteiger partial charge < -0.3 is 10.4 Å². The number of aryl methyl sites for hydroxylation is 2. The van der Waals surface area contributed by atoms with E-state index in [9.17, 15) is 5.11 Å². The normalized spacial score (nSPS) is 18.5. The van der Waals surface area contributed by atoms with Crippen LogP contribution < -0.4 is 5.32 Å². The SMILES string of the molecule is Cc1ccc2c(c1)C(NC(CO)Cc1ccccc1)CC2. The van der Waals surface area contributed by atoms with Gasteiger partial charge in [-0.1, -0.05) is 54.1 Å². The summed E-state index contributed by atoms with van der Waals surface area (Å²) < 4.78 is 0. The van der Waals surface area contributed by atoms with E-state index in [-0.39, 0.29) is 12.6 Å². The number of fused-ring (bicyclic) bond motifs is 1. The van der Waals surface area contributed by atoms with Crippen LogP contribution in [0.3, 0.4) is 0 Å². The van der Waals surface area contributed by atoms with E-state index in [4.69, 9.17) is 0 Å². The first-order valence-corrected chi connectivity index (χ1v) is 7.76. The van der Waals surface area contributed by atoms with Gasteiger partial charge in [-0.2, -0.15) is 0 Å². The van der Waals surface area contributed by atoms with Gasteiger partial charge in [0.25, 0.3) is 0 Å². The number of aliphatic hydroxyl groups excluding tert-OH is 1. The van der Waals surface area contributed by atoms with Gasteiger partial charge >= 0.3 is 0 Å². The molecule has 2 unspecified atom stereocenters. The maximum atomic E-state index is 9.69. The summed E-state index contributed by atoms with van der Waals surface area (Å²) >= 11 is 0. The Hall–Kier alpha value is -1.64. The first kappa shape index (κ1) is 14.3. The lowest BCUT2D eigenvalue weighted by molar-refractivity contribution is 0.230. The molecule has 2 nitrogen and oxygen atoms in total. The molecule has 0 bridgehead atoms. The van der Waals surface area contributed by atoms with Crippen molar-refractivity contribution in [3.8, 4) is 0 Å². The number of benzene rings is 2. The quantitative estimate of drug-likeness (QED) is 0.882. The van der Waals surface area contributed by atoms with E-state index < -0.39 is 0 Å². The van der Waals surface area contributed by atoms with Gasteiger partial charge in [0.05, 0.1) is 6.61 Å². The molecule has 0 saturated carbocycles. The molecule has 110 valence electrons. The zero-order chi connectivity index (χ0) is 14.7. The molecule has 2 aromatic carbocycles. The van der Waals surface area contributed by atoms with Gasteiger partial charge in [0.1, 0.15) is 0 Å². The predicted molar refractivity (Wildman–Crippen MR) is 86.4 cm³/mol. The van der Waals surface area contributed by atoms with E-state index in [1.807, 2.05) is 6.07 Å². The fourth-order valence-electron chi connectivity index (χ4n) is 3.25. The van der Waals surface area contributed by atoms with Crippen LogP contribution in [0, 0.1) is 6.92 Å². The van der Waals surface area contributed by atoms with Crippen LogP contribution >= 0.6 is 0 Å². The van der Waals surface area contributed by atoms with E-state index in [0.29, 0.717) is 6.04 Å². The van der Waals surface area contributed by atoms with E-state index >= 15 is 0 Å². The molecular weight excluding hydrogens is 258 g/mol.